The summed E-state index contributed by atoms with van der Waals surface area (Å²) in [5.74, 6) is 0.804. The first-order valence-corrected chi connectivity index (χ1v) is 7.19. The second kappa shape index (κ2) is 4.51. The molecule has 1 spiro atoms. The van der Waals surface area contributed by atoms with Crippen LogP contribution in [0.5, 0.6) is 5.75 Å². The molecule has 1 aromatic carbocycles. The van der Waals surface area contributed by atoms with Crippen molar-refractivity contribution >= 4 is 15.9 Å². The Balaban J connectivity index is 1.80. The zero-order valence-corrected chi connectivity index (χ0v) is 11.9. The zero-order valence-electron chi connectivity index (χ0n) is 10.4. The van der Waals surface area contributed by atoms with Gasteiger partial charge in [-0.05, 0) is 19.1 Å². The van der Waals surface area contributed by atoms with Crippen LogP contribution in [0.4, 0.5) is 0 Å². The lowest BCUT2D eigenvalue weighted by Gasteiger charge is -2.50. The van der Waals surface area contributed by atoms with Gasteiger partial charge in [0.25, 0.3) is 0 Å². The highest BCUT2D eigenvalue weighted by atomic mass is 79.9. The van der Waals surface area contributed by atoms with Crippen molar-refractivity contribution in [3.05, 3.63) is 28.2 Å². The van der Waals surface area contributed by atoms with Crippen molar-refractivity contribution < 1.29 is 14.6 Å². The van der Waals surface area contributed by atoms with Gasteiger partial charge in [-0.15, -0.1) is 0 Å². The summed E-state index contributed by atoms with van der Waals surface area (Å²) in [5.41, 5.74) is 0.677. The van der Waals surface area contributed by atoms with Gasteiger partial charge < -0.3 is 14.6 Å². The van der Waals surface area contributed by atoms with Crippen LogP contribution in [0.15, 0.2) is 22.7 Å². The molecule has 1 aliphatic carbocycles. The Bertz CT molecular complexity index is 454. The highest BCUT2D eigenvalue weighted by Gasteiger charge is 2.51. The minimum absolute atomic E-state index is 0.215. The smallest absolute Gasteiger partial charge is 0.127 e. The van der Waals surface area contributed by atoms with Crippen molar-refractivity contribution in [3.8, 4) is 5.75 Å². The molecule has 2 aliphatic rings. The summed E-state index contributed by atoms with van der Waals surface area (Å²) in [5, 5.41) is 10.2. The van der Waals surface area contributed by atoms with Crippen LogP contribution in [0.2, 0.25) is 0 Å². The van der Waals surface area contributed by atoms with E-state index in [4.69, 9.17) is 9.47 Å². The van der Waals surface area contributed by atoms with Crippen LogP contribution in [-0.2, 0) is 4.74 Å². The topological polar surface area (TPSA) is 38.7 Å². The molecule has 1 N–H and O–H groups in total. The Hall–Kier alpha value is -0.580. The fourth-order valence-electron chi connectivity index (χ4n) is 2.98. The van der Waals surface area contributed by atoms with E-state index in [9.17, 15) is 5.11 Å². The van der Waals surface area contributed by atoms with Crippen LogP contribution in [-0.4, -0.2) is 23.4 Å². The fourth-order valence-corrected chi connectivity index (χ4v) is 3.32. The molecule has 3 rings (SSSR count). The maximum absolute atomic E-state index is 10.2. The number of aliphatic hydroxyl groups excluding tert-OH is 1. The van der Waals surface area contributed by atoms with Gasteiger partial charge in [-0.1, -0.05) is 22.0 Å². The fraction of sp³-hybridized carbons (Fsp3) is 0.571. The number of halogens is 1. The van der Waals surface area contributed by atoms with Crippen LogP contribution in [0.1, 0.15) is 37.9 Å². The van der Waals surface area contributed by atoms with Gasteiger partial charge in [-0.3, -0.25) is 0 Å². The Labute approximate surface area is 115 Å². The number of hydrogen-bond donors (Lipinski definition) is 1. The standard InChI is InChI=1S/C14H17BrO3/c1-2-17-10-6-14(7-10)8-12(16)11-4-3-9(15)5-13(11)18-14/h3-5,10,12,16H,2,6-8H2,1H3. The van der Waals surface area contributed by atoms with Crippen LogP contribution >= 0.6 is 15.9 Å². The number of fused-ring (bicyclic) bond motifs is 1. The van der Waals surface area contributed by atoms with Crippen LogP contribution < -0.4 is 4.74 Å². The summed E-state index contributed by atoms with van der Waals surface area (Å²) in [6.07, 6.45) is 2.29. The molecule has 1 atom stereocenters. The Kier molecular flexibility index (Phi) is 3.12. The third-order valence-corrected chi connectivity index (χ3v) is 4.32. The van der Waals surface area contributed by atoms with Gasteiger partial charge in [-0.2, -0.15) is 0 Å². The number of rotatable bonds is 2. The molecule has 1 saturated carbocycles. The molecule has 18 heavy (non-hydrogen) atoms. The van der Waals surface area contributed by atoms with Gasteiger partial charge in [0.05, 0.1) is 12.2 Å². The average molecular weight is 313 g/mol. The maximum Gasteiger partial charge on any atom is 0.127 e. The van der Waals surface area contributed by atoms with Gasteiger partial charge in [0.15, 0.2) is 0 Å². The third-order valence-electron chi connectivity index (χ3n) is 3.83. The SMILES string of the molecule is CCOC1CC2(C1)CC(O)c1ccc(Br)cc1O2. The zero-order chi connectivity index (χ0) is 12.8. The van der Waals surface area contributed by atoms with E-state index in [1.54, 1.807) is 0 Å². The Morgan fingerprint density at radius 1 is 1.44 bits per heavy atom. The molecule has 4 heteroatoms. The van der Waals surface area contributed by atoms with Crippen LogP contribution in [0.3, 0.4) is 0 Å². The Morgan fingerprint density at radius 3 is 2.94 bits per heavy atom. The number of aliphatic hydroxyl groups is 1. The van der Waals surface area contributed by atoms with Crippen molar-refractivity contribution in [2.75, 3.05) is 6.61 Å². The first-order chi connectivity index (χ1) is 8.62. The minimum atomic E-state index is -0.426. The second-order valence-corrected chi connectivity index (χ2v) is 6.09. The average Bonchev–Trinajstić information content (AvgIpc) is 2.26. The molecular formula is C14H17BrO3. The largest absolute Gasteiger partial charge is 0.487 e. The molecule has 98 valence electrons. The van der Waals surface area contributed by atoms with Gasteiger partial charge in [0.1, 0.15) is 11.4 Å². The first-order valence-electron chi connectivity index (χ1n) is 6.40. The molecule has 3 nitrogen and oxygen atoms in total. The van der Waals surface area contributed by atoms with Gasteiger partial charge in [0.2, 0.25) is 0 Å². The molecule has 0 radical (unpaired) electrons. The van der Waals surface area contributed by atoms with E-state index in [0.29, 0.717) is 6.42 Å². The quantitative estimate of drug-likeness (QED) is 0.911. The number of hydrogen-bond acceptors (Lipinski definition) is 3. The molecule has 0 saturated heterocycles. The van der Waals surface area contributed by atoms with Crippen LogP contribution in [0, 0.1) is 0 Å². The summed E-state index contributed by atoms with van der Waals surface area (Å²) in [6, 6.07) is 5.80. The molecule has 1 aliphatic heterocycles. The number of ether oxygens (including phenoxy) is 2. The monoisotopic (exact) mass is 312 g/mol. The lowest BCUT2D eigenvalue weighted by molar-refractivity contribution is -0.147. The highest BCUT2D eigenvalue weighted by molar-refractivity contribution is 9.10. The first kappa shape index (κ1) is 12.5. The molecule has 1 heterocycles. The minimum Gasteiger partial charge on any atom is -0.487 e. The molecule has 0 aromatic heterocycles. The summed E-state index contributed by atoms with van der Waals surface area (Å²) in [7, 11) is 0. The van der Waals surface area contributed by atoms with E-state index in [2.05, 4.69) is 15.9 Å². The third kappa shape index (κ3) is 2.06. The van der Waals surface area contributed by atoms with E-state index in [0.717, 1.165) is 35.2 Å². The lowest BCUT2D eigenvalue weighted by Crippen LogP contribution is -2.55. The summed E-state index contributed by atoms with van der Waals surface area (Å²) in [4.78, 5) is 0. The molecular weight excluding hydrogens is 296 g/mol. The summed E-state index contributed by atoms with van der Waals surface area (Å²) >= 11 is 3.44. The molecule has 0 bridgehead atoms. The second-order valence-electron chi connectivity index (χ2n) is 5.17. The van der Waals surface area contributed by atoms with E-state index in [1.807, 2.05) is 25.1 Å². The van der Waals surface area contributed by atoms with Gasteiger partial charge in [0, 0.05) is 35.9 Å². The maximum atomic E-state index is 10.2. The molecule has 0 amide bonds. The van der Waals surface area contributed by atoms with Crippen LogP contribution in [0.25, 0.3) is 0 Å². The van der Waals surface area contributed by atoms with Crippen molar-refractivity contribution in [3.63, 3.8) is 0 Å². The summed E-state index contributed by atoms with van der Waals surface area (Å²) in [6.45, 7) is 2.75. The van der Waals surface area contributed by atoms with Crippen molar-refractivity contribution in [2.45, 2.75) is 44.0 Å². The molecule has 1 aromatic rings. The van der Waals surface area contributed by atoms with Gasteiger partial charge in [-0.25, -0.2) is 0 Å². The molecule has 1 unspecified atom stereocenters. The van der Waals surface area contributed by atoms with Gasteiger partial charge >= 0.3 is 0 Å². The lowest BCUT2D eigenvalue weighted by atomic mass is 9.71. The van der Waals surface area contributed by atoms with Crippen molar-refractivity contribution in [1.29, 1.82) is 0 Å². The Morgan fingerprint density at radius 2 is 2.22 bits per heavy atom. The molecule has 1 fully saturated rings. The van der Waals surface area contributed by atoms with E-state index in [1.165, 1.54) is 0 Å². The highest BCUT2D eigenvalue weighted by Crippen LogP contribution is 2.50. The van der Waals surface area contributed by atoms with E-state index in [-0.39, 0.29) is 11.7 Å². The predicted octanol–water partition coefficient (Wildman–Crippen LogP) is 3.20. The van der Waals surface area contributed by atoms with E-state index < -0.39 is 6.10 Å². The normalized spacial score (nSPS) is 33.7. The van der Waals surface area contributed by atoms with Crippen molar-refractivity contribution in [2.24, 2.45) is 0 Å². The van der Waals surface area contributed by atoms with E-state index >= 15 is 0 Å². The summed E-state index contributed by atoms with van der Waals surface area (Å²) < 4.78 is 12.7. The number of benzene rings is 1. The predicted molar refractivity (Wildman–Crippen MR) is 71.7 cm³/mol. The van der Waals surface area contributed by atoms with Crippen molar-refractivity contribution in [1.82, 2.24) is 0 Å².